The SMILES string of the molecule is Cc1cc2c(-c3ccc4c(c3)c3ccccc3n4C)cccc2[c-]1[Si](C)(CCCCCCOC(C)(C)C)[c-]1c2cc(C(C)(C)C)ccc2c2ccc(C(C)(C)C)cc21.[Cl][Zr+2][Cl]. The summed E-state index contributed by atoms with van der Waals surface area (Å²) in [7, 11) is 9.62. The van der Waals surface area contributed by atoms with E-state index < -0.39 is 28.9 Å². The Morgan fingerprint density at radius 1 is 0.590 bits per heavy atom. The quantitative estimate of drug-likeness (QED) is 0.0757. The van der Waals surface area contributed by atoms with Crippen molar-refractivity contribution in [2.24, 2.45) is 7.05 Å². The summed E-state index contributed by atoms with van der Waals surface area (Å²) < 4.78 is 8.47. The van der Waals surface area contributed by atoms with Gasteiger partial charge in [-0.25, -0.2) is 0 Å². The van der Waals surface area contributed by atoms with Crippen LogP contribution in [0.3, 0.4) is 0 Å². The zero-order chi connectivity index (χ0) is 44.1. The number of fused-ring (bicyclic) bond motifs is 7. The molecule has 8 rings (SSSR count). The molecule has 0 fully saturated rings. The second-order valence-corrected chi connectivity index (χ2v) is 28.6. The molecule has 8 aromatic rings. The molecule has 2 nitrogen and oxygen atoms in total. The van der Waals surface area contributed by atoms with Crippen molar-refractivity contribution in [2.75, 3.05) is 6.61 Å². The Hall–Kier alpha value is -2.98. The van der Waals surface area contributed by atoms with E-state index in [-0.39, 0.29) is 16.4 Å². The number of unbranched alkanes of at least 4 members (excludes halogenated alkanes) is 3. The van der Waals surface area contributed by atoms with Crippen LogP contribution in [0.25, 0.3) is 65.3 Å². The molecule has 6 heteroatoms. The van der Waals surface area contributed by atoms with Crippen LogP contribution >= 0.6 is 17.0 Å². The summed E-state index contributed by atoms with van der Waals surface area (Å²) in [4.78, 5) is 0. The molecule has 1 aromatic heterocycles. The Bertz CT molecular complexity index is 2770. The molecular weight excluding hydrogens is 881 g/mol. The molecule has 0 saturated carbocycles. The van der Waals surface area contributed by atoms with Gasteiger partial charge in [-0.2, -0.15) is 6.07 Å². The maximum atomic E-state index is 6.13. The summed E-state index contributed by atoms with van der Waals surface area (Å²) in [6.07, 6.45) is 4.76. The number of ether oxygens (including phenoxy) is 1. The van der Waals surface area contributed by atoms with Crippen LogP contribution in [0.1, 0.15) is 105 Å². The van der Waals surface area contributed by atoms with Crippen LogP contribution in [0, 0.1) is 6.92 Å². The first-order valence-corrected chi connectivity index (χ1v) is 31.3. The zero-order valence-corrected chi connectivity index (χ0v) is 43.6. The van der Waals surface area contributed by atoms with Gasteiger partial charge in [0.2, 0.25) is 0 Å². The molecule has 61 heavy (non-hydrogen) atoms. The van der Waals surface area contributed by atoms with Crippen molar-refractivity contribution in [3.8, 4) is 11.1 Å². The Morgan fingerprint density at radius 3 is 1.79 bits per heavy atom. The Balaban J connectivity index is 0.00000182. The monoisotopic (exact) mass is 943 g/mol. The van der Waals surface area contributed by atoms with E-state index in [1.54, 1.807) is 10.4 Å². The fourth-order valence-corrected chi connectivity index (χ4v) is 15.2. The van der Waals surface area contributed by atoms with Crippen LogP contribution < -0.4 is 10.4 Å². The van der Waals surface area contributed by atoms with Crippen LogP contribution in [0.4, 0.5) is 0 Å². The second-order valence-electron chi connectivity index (χ2n) is 20.7. The molecule has 0 amide bonds. The molecular formula is C55H65Cl2NOSiZr. The molecule has 1 unspecified atom stereocenters. The molecule has 0 aliphatic carbocycles. The standard InChI is InChI=1S/C55H65NOSi.2ClH.Zr/c1-36-32-45-40(37-24-29-50-46(33-37)43-20-15-16-23-49(43)56(50)11)21-19-22-44(45)51(36)58(12,31-18-14-13-17-30-57-55(8,9)10)52-47-34-38(53(2,3)4)25-27-41(47)42-28-26-39(35-48(42)52)54(5,6)7;;;/h15-16,19-29,32-35H,13-14,17-18,30-31H2,1-12H3;2*1H;/q-2;;;+4/p-2. The molecule has 0 N–H and O–H groups in total. The fourth-order valence-electron chi connectivity index (χ4n) is 10.1. The minimum atomic E-state index is -2.43. The number of hydrogen-bond acceptors (Lipinski definition) is 1. The summed E-state index contributed by atoms with van der Waals surface area (Å²) in [5, 5.41) is 14.5. The van der Waals surface area contributed by atoms with Gasteiger partial charge in [0.1, 0.15) is 0 Å². The Morgan fingerprint density at radius 2 is 1.18 bits per heavy atom. The molecule has 0 aliphatic rings. The number of rotatable bonds is 10. The average Bonchev–Trinajstić information content (AvgIpc) is 3.82. The number of aromatic nitrogens is 1. The molecule has 0 saturated heterocycles. The van der Waals surface area contributed by atoms with Gasteiger partial charge in [-0.1, -0.05) is 152 Å². The normalized spacial score (nSPS) is 13.6. The number of nitrogens with zero attached hydrogens (tertiary/aromatic N) is 1. The Labute approximate surface area is 385 Å². The third-order valence-electron chi connectivity index (χ3n) is 13.2. The zero-order valence-electron chi connectivity index (χ0n) is 38.7. The van der Waals surface area contributed by atoms with Gasteiger partial charge in [0.25, 0.3) is 0 Å². The van der Waals surface area contributed by atoms with E-state index in [2.05, 4.69) is 191 Å². The van der Waals surface area contributed by atoms with E-state index in [4.69, 9.17) is 21.8 Å². The van der Waals surface area contributed by atoms with E-state index >= 15 is 0 Å². The molecule has 0 aliphatic heterocycles. The average molecular weight is 946 g/mol. The second kappa shape index (κ2) is 17.9. The van der Waals surface area contributed by atoms with E-state index in [0.717, 1.165) is 13.0 Å². The fraction of sp³-hybridized carbons (Fsp3) is 0.382. The van der Waals surface area contributed by atoms with Gasteiger partial charge >= 0.3 is 37.9 Å². The predicted molar refractivity (Wildman–Crippen MR) is 270 cm³/mol. The molecule has 1 heterocycles. The maximum absolute atomic E-state index is 6.13. The topological polar surface area (TPSA) is 14.2 Å². The van der Waals surface area contributed by atoms with Crippen LogP contribution in [-0.2, 0) is 43.5 Å². The van der Waals surface area contributed by atoms with Crippen molar-refractivity contribution < 1.29 is 25.6 Å². The molecule has 7 aromatic carbocycles. The molecule has 1 atom stereocenters. The first kappa shape index (κ1) is 46.0. The molecule has 0 spiro atoms. The van der Waals surface area contributed by atoms with Crippen molar-refractivity contribution in [1.29, 1.82) is 0 Å². The third kappa shape index (κ3) is 9.19. The minimum absolute atomic E-state index is 0.0571. The summed E-state index contributed by atoms with van der Waals surface area (Å²) in [5.74, 6) is 0. The summed E-state index contributed by atoms with van der Waals surface area (Å²) in [6.45, 7) is 26.6. The van der Waals surface area contributed by atoms with Crippen molar-refractivity contribution >= 4 is 89.6 Å². The molecule has 0 bridgehead atoms. The van der Waals surface area contributed by atoms with Gasteiger partial charge in [0.15, 0.2) is 0 Å². The molecule has 0 radical (unpaired) electrons. The van der Waals surface area contributed by atoms with Gasteiger partial charge < -0.3 is 9.30 Å². The van der Waals surface area contributed by atoms with Gasteiger partial charge in [0.05, 0.1) is 5.60 Å². The van der Waals surface area contributed by atoms with Crippen molar-refractivity contribution in [2.45, 2.75) is 124 Å². The van der Waals surface area contributed by atoms with Gasteiger partial charge in [-0.3, -0.25) is 0 Å². The molecule has 318 valence electrons. The van der Waals surface area contributed by atoms with Crippen LogP contribution in [0.5, 0.6) is 0 Å². The summed E-state index contributed by atoms with van der Waals surface area (Å²) in [6, 6.07) is 41.7. The van der Waals surface area contributed by atoms with E-state index in [0.29, 0.717) is 0 Å². The number of halogens is 2. The van der Waals surface area contributed by atoms with Gasteiger partial charge in [-0.05, 0) is 61.8 Å². The van der Waals surface area contributed by atoms with Crippen molar-refractivity contribution in [3.63, 3.8) is 0 Å². The van der Waals surface area contributed by atoms with Gasteiger partial charge in [-0.15, -0.1) is 72.5 Å². The first-order valence-electron chi connectivity index (χ1n) is 22.2. The number of hydrogen-bond donors (Lipinski definition) is 0. The predicted octanol–water partition coefficient (Wildman–Crippen LogP) is 15.7. The first-order chi connectivity index (χ1) is 28.8. The van der Waals surface area contributed by atoms with Gasteiger partial charge in [0, 0.05) is 43.5 Å². The Kier molecular flexibility index (Phi) is 13.5. The summed E-state index contributed by atoms with van der Waals surface area (Å²) in [5.41, 5.74) is 9.49. The van der Waals surface area contributed by atoms with E-state index in [9.17, 15) is 0 Å². The van der Waals surface area contributed by atoms with E-state index in [1.807, 2.05) is 0 Å². The van der Waals surface area contributed by atoms with Crippen molar-refractivity contribution in [3.05, 3.63) is 120 Å². The third-order valence-corrected chi connectivity index (χ3v) is 17.9. The van der Waals surface area contributed by atoms with Crippen molar-refractivity contribution in [1.82, 2.24) is 4.57 Å². The van der Waals surface area contributed by atoms with Crippen LogP contribution in [0.15, 0.2) is 103 Å². The number of para-hydroxylation sites is 1. The number of benzene rings is 5. The summed E-state index contributed by atoms with van der Waals surface area (Å²) >= 11 is -0.826. The van der Waals surface area contributed by atoms with E-state index in [1.165, 1.54) is 107 Å². The van der Waals surface area contributed by atoms with Crippen LogP contribution in [-0.4, -0.2) is 24.8 Å². The number of aryl methyl sites for hydroxylation is 2. The van der Waals surface area contributed by atoms with Crippen LogP contribution in [0.2, 0.25) is 12.6 Å².